The van der Waals surface area contributed by atoms with Crippen LogP contribution in [0, 0.1) is 19.8 Å². The SMILES string of the molecule is COc1cc(C)cc(C)c1C(C)(C)CCNCC(C)C. The Morgan fingerprint density at radius 3 is 2.40 bits per heavy atom. The summed E-state index contributed by atoms with van der Waals surface area (Å²) in [6.07, 6.45) is 1.11. The Labute approximate surface area is 124 Å². The maximum Gasteiger partial charge on any atom is 0.123 e. The Balaban J connectivity index is 2.86. The molecule has 0 saturated heterocycles. The van der Waals surface area contributed by atoms with Crippen molar-refractivity contribution >= 4 is 0 Å². The monoisotopic (exact) mass is 277 g/mol. The van der Waals surface area contributed by atoms with Gasteiger partial charge in [0.15, 0.2) is 0 Å². The van der Waals surface area contributed by atoms with Crippen molar-refractivity contribution in [3.63, 3.8) is 0 Å². The lowest BCUT2D eigenvalue weighted by Gasteiger charge is -2.29. The third kappa shape index (κ3) is 4.52. The fraction of sp³-hybridized carbons (Fsp3) is 0.667. The first-order valence-electron chi connectivity index (χ1n) is 7.64. The molecule has 0 heterocycles. The van der Waals surface area contributed by atoms with E-state index in [-0.39, 0.29) is 5.41 Å². The first-order chi connectivity index (χ1) is 9.27. The predicted molar refractivity (Wildman–Crippen MR) is 87.8 cm³/mol. The molecule has 0 aliphatic heterocycles. The number of methoxy groups -OCH3 is 1. The second kappa shape index (κ2) is 7.12. The summed E-state index contributed by atoms with van der Waals surface area (Å²) in [5.74, 6) is 1.73. The second-order valence-electron chi connectivity index (χ2n) is 6.89. The van der Waals surface area contributed by atoms with Crippen molar-refractivity contribution in [3.8, 4) is 5.75 Å². The van der Waals surface area contributed by atoms with Crippen molar-refractivity contribution in [1.82, 2.24) is 5.32 Å². The molecule has 114 valence electrons. The maximum absolute atomic E-state index is 5.62. The fourth-order valence-electron chi connectivity index (χ4n) is 2.87. The summed E-state index contributed by atoms with van der Waals surface area (Å²) < 4.78 is 5.62. The Kier molecular flexibility index (Phi) is 6.07. The van der Waals surface area contributed by atoms with Gasteiger partial charge in [0.2, 0.25) is 0 Å². The van der Waals surface area contributed by atoms with Crippen LogP contribution in [-0.2, 0) is 5.41 Å². The van der Waals surface area contributed by atoms with Crippen molar-refractivity contribution in [2.24, 2.45) is 5.92 Å². The van der Waals surface area contributed by atoms with E-state index in [1.165, 1.54) is 16.7 Å². The Hall–Kier alpha value is -1.02. The molecular formula is C18H31NO. The van der Waals surface area contributed by atoms with Gasteiger partial charge in [0, 0.05) is 5.56 Å². The minimum absolute atomic E-state index is 0.118. The lowest BCUT2D eigenvalue weighted by Crippen LogP contribution is -2.28. The number of hydrogen-bond donors (Lipinski definition) is 1. The van der Waals surface area contributed by atoms with E-state index >= 15 is 0 Å². The largest absolute Gasteiger partial charge is 0.496 e. The van der Waals surface area contributed by atoms with Gasteiger partial charge < -0.3 is 10.1 Å². The van der Waals surface area contributed by atoms with Gasteiger partial charge in [0.1, 0.15) is 5.75 Å². The molecule has 1 aromatic rings. The van der Waals surface area contributed by atoms with Gasteiger partial charge in [0.05, 0.1) is 7.11 Å². The van der Waals surface area contributed by atoms with Crippen LogP contribution < -0.4 is 10.1 Å². The first-order valence-corrected chi connectivity index (χ1v) is 7.64. The highest BCUT2D eigenvalue weighted by molar-refractivity contribution is 5.47. The van der Waals surface area contributed by atoms with Gasteiger partial charge >= 0.3 is 0 Å². The summed E-state index contributed by atoms with van der Waals surface area (Å²) in [5, 5.41) is 3.54. The van der Waals surface area contributed by atoms with Gasteiger partial charge in [-0.3, -0.25) is 0 Å². The van der Waals surface area contributed by atoms with Crippen molar-refractivity contribution in [2.75, 3.05) is 20.2 Å². The molecule has 0 aromatic heterocycles. The molecule has 0 saturated carbocycles. The molecule has 2 heteroatoms. The average molecular weight is 277 g/mol. The minimum Gasteiger partial charge on any atom is -0.496 e. The van der Waals surface area contributed by atoms with E-state index in [2.05, 4.69) is 59.0 Å². The van der Waals surface area contributed by atoms with Crippen molar-refractivity contribution in [2.45, 2.75) is 53.4 Å². The molecule has 2 nitrogen and oxygen atoms in total. The number of hydrogen-bond acceptors (Lipinski definition) is 2. The lowest BCUT2D eigenvalue weighted by atomic mass is 9.78. The molecular weight excluding hydrogens is 246 g/mol. The van der Waals surface area contributed by atoms with Gasteiger partial charge in [0.25, 0.3) is 0 Å². The molecule has 0 spiro atoms. The van der Waals surface area contributed by atoms with E-state index in [1.807, 2.05) is 0 Å². The molecule has 0 amide bonds. The van der Waals surface area contributed by atoms with Crippen molar-refractivity contribution in [1.29, 1.82) is 0 Å². The molecule has 1 N–H and O–H groups in total. The number of ether oxygens (including phenoxy) is 1. The summed E-state index contributed by atoms with van der Waals surface area (Å²) in [6.45, 7) is 15.5. The molecule has 1 rings (SSSR count). The summed E-state index contributed by atoms with van der Waals surface area (Å²) >= 11 is 0. The Morgan fingerprint density at radius 2 is 1.85 bits per heavy atom. The molecule has 0 fully saturated rings. The van der Waals surface area contributed by atoms with E-state index in [4.69, 9.17) is 4.74 Å². The molecule has 1 aromatic carbocycles. The average Bonchev–Trinajstić information content (AvgIpc) is 2.32. The van der Waals surface area contributed by atoms with Gasteiger partial charge in [-0.05, 0) is 61.9 Å². The summed E-state index contributed by atoms with van der Waals surface area (Å²) in [4.78, 5) is 0. The first kappa shape index (κ1) is 17.0. The second-order valence-corrected chi connectivity index (χ2v) is 6.89. The highest BCUT2D eigenvalue weighted by atomic mass is 16.5. The van der Waals surface area contributed by atoms with Gasteiger partial charge in [-0.15, -0.1) is 0 Å². The zero-order chi connectivity index (χ0) is 15.3. The van der Waals surface area contributed by atoms with E-state index < -0.39 is 0 Å². The molecule has 0 atom stereocenters. The zero-order valence-electron chi connectivity index (χ0n) is 14.3. The quantitative estimate of drug-likeness (QED) is 0.753. The molecule has 0 bridgehead atoms. The normalized spacial score (nSPS) is 12.0. The van der Waals surface area contributed by atoms with Crippen LogP contribution >= 0.6 is 0 Å². The maximum atomic E-state index is 5.62. The number of aryl methyl sites for hydroxylation is 2. The summed E-state index contributed by atoms with van der Waals surface area (Å²) in [5.41, 5.74) is 4.05. The summed E-state index contributed by atoms with van der Waals surface area (Å²) in [6, 6.07) is 4.40. The number of nitrogens with one attached hydrogen (secondary N) is 1. The highest BCUT2D eigenvalue weighted by Gasteiger charge is 2.26. The van der Waals surface area contributed by atoms with E-state index in [1.54, 1.807) is 7.11 Å². The van der Waals surface area contributed by atoms with Gasteiger partial charge in [-0.1, -0.05) is 33.8 Å². The van der Waals surface area contributed by atoms with Crippen LogP contribution in [0.3, 0.4) is 0 Å². The molecule has 0 unspecified atom stereocenters. The van der Waals surface area contributed by atoms with Gasteiger partial charge in [-0.2, -0.15) is 0 Å². The van der Waals surface area contributed by atoms with Crippen molar-refractivity contribution in [3.05, 3.63) is 28.8 Å². The third-order valence-corrected chi connectivity index (χ3v) is 3.82. The third-order valence-electron chi connectivity index (χ3n) is 3.82. The Morgan fingerprint density at radius 1 is 1.20 bits per heavy atom. The van der Waals surface area contributed by atoms with Crippen LogP contribution in [0.1, 0.15) is 50.8 Å². The molecule has 0 aliphatic rings. The minimum atomic E-state index is 0.118. The van der Waals surface area contributed by atoms with Crippen LogP contribution in [0.5, 0.6) is 5.75 Å². The fourth-order valence-corrected chi connectivity index (χ4v) is 2.87. The summed E-state index contributed by atoms with van der Waals surface area (Å²) in [7, 11) is 1.77. The van der Waals surface area contributed by atoms with Crippen LogP contribution in [0.15, 0.2) is 12.1 Å². The van der Waals surface area contributed by atoms with Crippen LogP contribution in [-0.4, -0.2) is 20.2 Å². The number of rotatable bonds is 7. The van der Waals surface area contributed by atoms with Crippen LogP contribution in [0.4, 0.5) is 0 Å². The predicted octanol–water partition coefficient (Wildman–Crippen LogP) is 4.23. The van der Waals surface area contributed by atoms with Gasteiger partial charge in [-0.25, -0.2) is 0 Å². The Bertz CT molecular complexity index is 435. The van der Waals surface area contributed by atoms with Crippen molar-refractivity contribution < 1.29 is 4.74 Å². The van der Waals surface area contributed by atoms with E-state index in [0.29, 0.717) is 5.92 Å². The molecule has 0 radical (unpaired) electrons. The molecule has 0 aliphatic carbocycles. The van der Waals surface area contributed by atoms with Crippen LogP contribution in [0.25, 0.3) is 0 Å². The lowest BCUT2D eigenvalue weighted by molar-refractivity contribution is 0.378. The van der Waals surface area contributed by atoms with E-state index in [0.717, 1.165) is 25.3 Å². The topological polar surface area (TPSA) is 21.3 Å². The zero-order valence-corrected chi connectivity index (χ0v) is 14.3. The highest BCUT2D eigenvalue weighted by Crippen LogP contribution is 2.37. The molecule has 20 heavy (non-hydrogen) atoms. The number of benzene rings is 1. The standard InChI is InChI=1S/C18H31NO/c1-13(2)12-19-9-8-18(5,6)17-15(4)10-14(3)11-16(17)20-7/h10-11,13,19H,8-9,12H2,1-7H3. The van der Waals surface area contributed by atoms with E-state index in [9.17, 15) is 0 Å². The van der Waals surface area contributed by atoms with Crippen LogP contribution in [0.2, 0.25) is 0 Å². The smallest absolute Gasteiger partial charge is 0.123 e.